The Morgan fingerprint density at radius 1 is 1.05 bits per heavy atom. The number of carbonyl (C=O) groups excluding carboxylic acids is 4. The van der Waals surface area contributed by atoms with Crippen molar-refractivity contribution in [3.05, 3.63) is 94.5 Å². The zero-order valence-electron chi connectivity index (χ0n) is 21.6. The number of benzene rings is 2. The van der Waals surface area contributed by atoms with Crippen molar-refractivity contribution >= 4 is 41.2 Å². The average Bonchev–Trinajstić information content (AvgIpc) is 2.94. The van der Waals surface area contributed by atoms with Crippen LogP contribution in [-0.4, -0.2) is 58.5 Å². The lowest BCUT2D eigenvalue weighted by molar-refractivity contribution is -0.144. The number of hydrogen-bond acceptors (Lipinski definition) is 9. The lowest BCUT2D eigenvalue weighted by Crippen LogP contribution is -2.47. The Kier molecular flexibility index (Phi) is 10.5. The Labute approximate surface area is 234 Å². The molecule has 0 radical (unpaired) electrons. The van der Waals surface area contributed by atoms with Crippen molar-refractivity contribution in [1.29, 1.82) is 0 Å². The van der Waals surface area contributed by atoms with Crippen molar-refractivity contribution in [2.75, 3.05) is 19.0 Å². The molecule has 0 unspecified atom stereocenters. The van der Waals surface area contributed by atoms with Crippen molar-refractivity contribution in [3.8, 4) is 5.75 Å². The number of aryl methyl sites for hydroxylation is 1. The van der Waals surface area contributed by atoms with Crippen molar-refractivity contribution in [2.45, 2.75) is 19.4 Å². The second-order valence-corrected chi connectivity index (χ2v) is 8.76. The number of anilines is 1. The van der Waals surface area contributed by atoms with Crippen LogP contribution in [0.3, 0.4) is 0 Å². The third kappa shape index (κ3) is 9.10. The molecule has 2 aromatic carbocycles. The van der Waals surface area contributed by atoms with Crippen LogP contribution in [0.4, 0.5) is 5.95 Å². The molecule has 1 aromatic heterocycles. The molecule has 0 saturated carbocycles. The van der Waals surface area contributed by atoms with Gasteiger partial charge in [0.2, 0.25) is 11.9 Å². The summed E-state index contributed by atoms with van der Waals surface area (Å²) >= 11 is 5.96. The summed E-state index contributed by atoms with van der Waals surface area (Å²) in [6.45, 7) is 1.18. The van der Waals surface area contributed by atoms with E-state index >= 15 is 0 Å². The zero-order valence-corrected chi connectivity index (χ0v) is 22.4. The van der Waals surface area contributed by atoms with Gasteiger partial charge >= 0.3 is 5.97 Å². The number of hydrogen-bond donors (Lipinski definition) is 5. The second-order valence-electron chi connectivity index (χ2n) is 8.37. The summed E-state index contributed by atoms with van der Waals surface area (Å²) in [5.41, 5.74) is 1.29. The van der Waals surface area contributed by atoms with E-state index in [1.165, 1.54) is 25.4 Å². The summed E-state index contributed by atoms with van der Waals surface area (Å²) in [4.78, 5) is 58.7. The number of esters is 1. The first kappa shape index (κ1) is 29.6. The van der Waals surface area contributed by atoms with Gasteiger partial charge in [0.05, 0.1) is 13.7 Å². The van der Waals surface area contributed by atoms with Crippen LogP contribution in [-0.2, 0) is 25.5 Å². The van der Waals surface area contributed by atoms with E-state index in [-0.39, 0.29) is 29.0 Å². The molecule has 5 N–H and O–H groups in total. The predicted octanol–water partition coefficient (Wildman–Crippen LogP) is 1.84. The summed E-state index contributed by atoms with van der Waals surface area (Å²) in [5.74, 6) is -2.62. The minimum Gasteiger partial charge on any atom is -0.508 e. The number of carbonyl (C=O) groups is 4. The Morgan fingerprint density at radius 2 is 1.75 bits per heavy atom. The molecule has 13 heteroatoms. The van der Waals surface area contributed by atoms with Gasteiger partial charge < -0.3 is 31.1 Å². The summed E-state index contributed by atoms with van der Waals surface area (Å²) in [5, 5.41) is 19.8. The van der Waals surface area contributed by atoms with Gasteiger partial charge in [0.1, 0.15) is 22.6 Å². The van der Waals surface area contributed by atoms with Crippen LogP contribution in [0.5, 0.6) is 5.75 Å². The fraction of sp³-hybridized carbons (Fsp3) is 0.185. The Bertz CT molecular complexity index is 1380. The van der Waals surface area contributed by atoms with Crippen molar-refractivity contribution in [3.63, 3.8) is 0 Å². The van der Waals surface area contributed by atoms with Crippen LogP contribution in [0.2, 0.25) is 5.15 Å². The van der Waals surface area contributed by atoms with E-state index < -0.39 is 36.3 Å². The van der Waals surface area contributed by atoms with Gasteiger partial charge in [-0.25, -0.2) is 14.8 Å². The number of nitrogens with zero attached hydrogens (tertiary/aromatic N) is 2. The van der Waals surface area contributed by atoms with Crippen LogP contribution < -0.4 is 21.3 Å². The van der Waals surface area contributed by atoms with Crippen LogP contribution >= 0.6 is 11.6 Å². The van der Waals surface area contributed by atoms with E-state index in [1.54, 1.807) is 55.5 Å². The van der Waals surface area contributed by atoms with E-state index in [0.717, 1.165) is 0 Å². The molecular formula is C27H27ClN6O6. The first-order valence-electron chi connectivity index (χ1n) is 11.9. The third-order valence-electron chi connectivity index (χ3n) is 5.30. The average molecular weight is 567 g/mol. The highest BCUT2D eigenvalue weighted by molar-refractivity contribution is 6.29. The molecule has 208 valence electrons. The number of halogens is 1. The summed E-state index contributed by atoms with van der Waals surface area (Å²) in [7, 11) is 1.19. The highest BCUT2D eigenvalue weighted by Crippen LogP contribution is 2.12. The lowest BCUT2D eigenvalue weighted by atomic mass is 10.1. The smallest absolute Gasteiger partial charge is 0.328 e. The van der Waals surface area contributed by atoms with Crippen molar-refractivity contribution in [2.24, 2.45) is 0 Å². The van der Waals surface area contributed by atoms with Gasteiger partial charge in [0.15, 0.2) is 0 Å². The molecule has 40 heavy (non-hydrogen) atoms. The van der Waals surface area contributed by atoms with Gasteiger partial charge in [-0.3, -0.25) is 14.4 Å². The van der Waals surface area contributed by atoms with E-state index in [1.807, 2.05) is 0 Å². The topological polar surface area (TPSA) is 172 Å². The Hall–Kier alpha value is -4.97. The standard InChI is InChI=1S/C27H27ClN6O6/c1-16-12-22(28)34-27(31-16)30-14-21(33-24(37)18-6-4-3-5-7-18)25(38)29-15-23(36)32-20(26(39)40-2)13-17-8-10-19(35)11-9-17/h3-12,14,20,35H,13,15H2,1-2H3,(H,29,38)(H,32,36)(H,33,37)(H,30,31,34)/b21-14-/t20-/m0/s1. The molecule has 0 aliphatic heterocycles. The summed E-state index contributed by atoms with van der Waals surface area (Å²) < 4.78 is 4.77. The molecule has 0 aliphatic carbocycles. The first-order valence-corrected chi connectivity index (χ1v) is 12.3. The number of phenols is 1. The molecule has 3 rings (SSSR count). The number of amides is 3. The quantitative estimate of drug-likeness (QED) is 0.132. The first-order chi connectivity index (χ1) is 19.1. The van der Waals surface area contributed by atoms with E-state index in [0.29, 0.717) is 16.8 Å². The van der Waals surface area contributed by atoms with Gasteiger partial charge in [-0.15, -0.1) is 0 Å². The lowest BCUT2D eigenvalue weighted by Gasteiger charge is -2.17. The van der Waals surface area contributed by atoms with Gasteiger partial charge in [-0.05, 0) is 42.8 Å². The number of aromatic nitrogens is 2. The molecule has 0 aliphatic rings. The second kappa shape index (κ2) is 14.3. The maximum atomic E-state index is 13.0. The van der Waals surface area contributed by atoms with Crippen molar-refractivity contribution in [1.82, 2.24) is 25.9 Å². The highest BCUT2D eigenvalue weighted by Gasteiger charge is 2.23. The molecule has 0 saturated heterocycles. The number of phenolic OH excluding ortho intramolecular Hbond substituents is 1. The molecular weight excluding hydrogens is 540 g/mol. The maximum Gasteiger partial charge on any atom is 0.328 e. The van der Waals surface area contributed by atoms with E-state index in [2.05, 4.69) is 31.2 Å². The van der Waals surface area contributed by atoms with Crippen LogP contribution in [0.1, 0.15) is 21.6 Å². The highest BCUT2D eigenvalue weighted by atomic mass is 35.5. The molecule has 0 bridgehead atoms. The number of ether oxygens (including phenoxy) is 1. The normalized spacial score (nSPS) is 11.6. The molecule has 1 heterocycles. The Morgan fingerprint density at radius 3 is 2.40 bits per heavy atom. The van der Waals surface area contributed by atoms with Gasteiger partial charge in [0, 0.05) is 23.9 Å². The molecule has 0 spiro atoms. The SMILES string of the molecule is COC(=O)[C@H](Cc1ccc(O)cc1)NC(=O)CNC(=O)/C(=C/Nc1nc(C)cc(Cl)n1)NC(=O)c1ccccc1. The largest absolute Gasteiger partial charge is 0.508 e. The van der Waals surface area contributed by atoms with Crippen molar-refractivity contribution < 1.29 is 29.0 Å². The van der Waals surface area contributed by atoms with E-state index in [4.69, 9.17) is 16.3 Å². The number of nitrogens with one attached hydrogen (secondary N) is 4. The monoisotopic (exact) mass is 566 g/mol. The molecule has 1 atom stereocenters. The third-order valence-corrected chi connectivity index (χ3v) is 5.50. The molecule has 3 amide bonds. The molecule has 0 fully saturated rings. The van der Waals surface area contributed by atoms with Crippen LogP contribution in [0.25, 0.3) is 0 Å². The fourth-order valence-corrected chi connectivity index (χ4v) is 3.62. The fourth-order valence-electron chi connectivity index (χ4n) is 3.38. The number of aromatic hydroxyl groups is 1. The summed E-state index contributed by atoms with van der Waals surface area (Å²) in [6, 6.07) is 14.8. The van der Waals surface area contributed by atoms with Gasteiger partial charge in [-0.2, -0.15) is 0 Å². The van der Waals surface area contributed by atoms with Crippen LogP contribution in [0, 0.1) is 6.92 Å². The predicted molar refractivity (Wildman–Crippen MR) is 146 cm³/mol. The molecule has 3 aromatic rings. The number of rotatable bonds is 11. The van der Waals surface area contributed by atoms with E-state index in [9.17, 15) is 24.3 Å². The maximum absolute atomic E-state index is 13.0. The minimum atomic E-state index is -1.04. The van der Waals surface area contributed by atoms with Gasteiger partial charge in [0.25, 0.3) is 11.8 Å². The molecule has 12 nitrogen and oxygen atoms in total. The van der Waals surface area contributed by atoms with Gasteiger partial charge in [-0.1, -0.05) is 41.9 Å². The minimum absolute atomic E-state index is 0.0554. The Balaban J connectivity index is 1.70. The van der Waals surface area contributed by atoms with Crippen LogP contribution in [0.15, 0.2) is 72.6 Å². The number of methoxy groups -OCH3 is 1. The summed E-state index contributed by atoms with van der Waals surface area (Å²) in [6.07, 6.45) is 1.26. The zero-order chi connectivity index (χ0) is 29.1.